The first-order valence-corrected chi connectivity index (χ1v) is 6.24. The molecule has 2 aromatic rings. The maximum Gasteiger partial charge on any atom is 0.169 e. The summed E-state index contributed by atoms with van der Waals surface area (Å²) in [7, 11) is 1.44. The van der Waals surface area contributed by atoms with Gasteiger partial charge in [0.25, 0.3) is 0 Å². The molecule has 0 amide bonds. The summed E-state index contributed by atoms with van der Waals surface area (Å²) >= 11 is 5.78. The number of hydrogen-bond acceptors (Lipinski definition) is 5. The van der Waals surface area contributed by atoms with Gasteiger partial charge < -0.3 is 21.5 Å². The molecule has 0 heterocycles. The standard InChI is InChI=1S/C14H12ClFN4O/c1-21-10-4-2-3-7(6-17)13(10)20-14-9(19)5-8(18)11(15)12(14)16/h2-5,20H,18-19H2,1H3. The molecule has 0 aliphatic heterocycles. The summed E-state index contributed by atoms with van der Waals surface area (Å²) in [5, 5.41) is 11.7. The van der Waals surface area contributed by atoms with E-state index in [2.05, 4.69) is 5.32 Å². The van der Waals surface area contributed by atoms with Crippen LogP contribution in [0.5, 0.6) is 5.75 Å². The number of nitrogen functional groups attached to an aromatic ring is 2. The van der Waals surface area contributed by atoms with E-state index in [4.69, 9.17) is 33.1 Å². The van der Waals surface area contributed by atoms with Gasteiger partial charge >= 0.3 is 0 Å². The van der Waals surface area contributed by atoms with Crippen molar-refractivity contribution in [2.24, 2.45) is 0 Å². The Morgan fingerprint density at radius 3 is 2.62 bits per heavy atom. The molecule has 0 aliphatic rings. The second-order valence-corrected chi connectivity index (χ2v) is 4.56. The first-order chi connectivity index (χ1) is 9.99. The molecule has 2 aromatic carbocycles. The molecule has 0 aromatic heterocycles. The molecule has 5 nitrogen and oxygen atoms in total. The third kappa shape index (κ3) is 2.64. The quantitative estimate of drug-likeness (QED) is 0.756. The lowest BCUT2D eigenvalue weighted by atomic mass is 10.1. The van der Waals surface area contributed by atoms with Crippen LogP contribution < -0.4 is 21.5 Å². The highest BCUT2D eigenvalue weighted by Crippen LogP contribution is 2.38. The van der Waals surface area contributed by atoms with E-state index in [0.29, 0.717) is 11.4 Å². The van der Waals surface area contributed by atoms with Crippen LogP contribution in [0.2, 0.25) is 5.02 Å². The highest BCUT2D eigenvalue weighted by molar-refractivity contribution is 6.33. The van der Waals surface area contributed by atoms with Crippen LogP contribution in [0.1, 0.15) is 5.56 Å². The summed E-state index contributed by atoms with van der Waals surface area (Å²) in [5.41, 5.74) is 11.9. The van der Waals surface area contributed by atoms with Gasteiger partial charge in [0, 0.05) is 0 Å². The van der Waals surface area contributed by atoms with Crippen molar-refractivity contribution in [3.05, 3.63) is 40.7 Å². The second kappa shape index (κ2) is 5.77. The van der Waals surface area contributed by atoms with Crippen LogP contribution in [0.15, 0.2) is 24.3 Å². The molecule has 0 spiro atoms. The Bertz CT molecular complexity index is 743. The molecule has 2 rings (SSSR count). The minimum absolute atomic E-state index is 0.0396. The zero-order valence-electron chi connectivity index (χ0n) is 11.1. The molecule has 0 radical (unpaired) electrons. The Kier molecular flexibility index (Phi) is 4.05. The van der Waals surface area contributed by atoms with Crippen LogP contribution in [-0.4, -0.2) is 7.11 Å². The van der Waals surface area contributed by atoms with Gasteiger partial charge in [-0.05, 0) is 18.2 Å². The fourth-order valence-corrected chi connectivity index (χ4v) is 1.99. The molecule has 0 atom stereocenters. The zero-order chi connectivity index (χ0) is 15.6. The largest absolute Gasteiger partial charge is 0.495 e. The molecule has 5 N–H and O–H groups in total. The van der Waals surface area contributed by atoms with Crippen molar-refractivity contribution in [1.29, 1.82) is 5.26 Å². The van der Waals surface area contributed by atoms with Gasteiger partial charge in [0.15, 0.2) is 5.82 Å². The van der Waals surface area contributed by atoms with Gasteiger partial charge in [0.2, 0.25) is 0 Å². The number of hydrogen-bond donors (Lipinski definition) is 3. The fourth-order valence-electron chi connectivity index (χ4n) is 1.84. The number of anilines is 4. The lowest BCUT2D eigenvalue weighted by molar-refractivity contribution is 0.416. The average molecular weight is 307 g/mol. The predicted octanol–water partition coefficient (Wildman–Crippen LogP) is 3.27. The summed E-state index contributed by atoms with van der Waals surface area (Å²) in [5.74, 6) is -0.412. The average Bonchev–Trinajstić information content (AvgIpc) is 2.49. The van der Waals surface area contributed by atoms with Crippen LogP contribution in [0.25, 0.3) is 0 Å². The second-order valence-electron chi connectivity index (χ2n) is 4.18. The summed E-state index contributed by atoms with van der Waals surface area (Å²) in [6.07, 6.45) is 0. The first kappa shape index (κ1) is 14.8. The third-order valence-corrected chi connectivity index (χ3v) is 3.27. The fraction of sp³-hybridized carbons (Fsp3) is 0.0714. The minimum atomic E-state index is -0.788. The molecule has 0 unspecified atom stereocenters. The minimum Gasteiger partial charge on any atom is -0.495 e. The molecule has 0 aliphatic carbocycles. The molecule has 0 bridgehead atoms. The monoisotopic (exact) mass is 306 g/mol. The lowest BCUT2D eigenvalue weighted by Gasteiger charge is -2.16. The van der Waals surface area contributed by atoms with Crippen molar-refractivity contribution in [2.45, 2.75) is 0 Å². The smallest absolute Gasteiger partial charge is 0.169 e. The Labute approximate surface area is 125 Å². The number of para-hydroxylation sites is 1. The number of halogens is 2. The normalized spacial score (nSPS) is 10.0. The van der Waals surface area contributed by atoms with Gasteiger partial charge in [-0.25, -0.2) is 4.39 Å². The maximum absolute atomic E-state index is 14.2. The van der Waals surface area contributed by atoms with E-state index in [1.807, 2.05) is 6.07 Å². The molecule has 108 valence electrons. The van der Waals surface area contributed by atoms with Crippen LogP contribution in [0.3, 0.4) is 0 Å². The van der Waals surface area contributed by atoms with Gasteiger partial charge in [0.05, 0.1) is 35.4 Å². The van der Waals surface area contributed by atoms with E-state index >= 15 is 0 Å². The lowest BCUT2D eigenvalue weighted by Crippen LogP contribution is -2.05. The van der Waals surface area contributed by atoms with E-state index < -0.39 is 5.82 Å². The first-order valence-electron chi connectivity index (χ1n) is 5.86. The number of nitrogens with one attached hydrogen (secondary N) is 1. The van der Waals surface area contributed by atoms with Crippen molar-refractivity contribution in [3.8, 4) is 11.8 Å². The number of rotatable bonds is 3. The Balaban J connectivity index is 2.59. The molecular weight excluding hydrogens is 295 g/mol. The van der Waals surface area contributed by atoms with Crippen molar-refractivity contribution in [3.63, 3.8) is 0 Å². The van der Waals surface area contributed by atoms with Crippen LogP contribution in [0.4, 0.5) is 27.1 Å². The van der Waals surface area contributed by atoms with Crippen molar-refractivity contribution in [1.82, 2.24) is 0 Å². The van der Waals surface area contributed by atoms with Crippen LogP contribution in [0, 0.1) is 17.1 Å². The summed E-state index contributed by atoms with van der Waals surface area (Å²) in [6.45, 7) is 0. The Hall–Kier alpha value is -2.65. The van der Waals surface area contributed by atoms with E-state index in [9.17, 15) is 4.39 Å². The van der Waals surface area contributed by atoms with E-state index in [-0.39, 0.29) is 27.6 Å². The van der Waals surface area contributed by atoms with Gasteiger partial charge in [0.1, 0.15) is 16.8 Å². The van der Waals surface area contributed by atoms with Gasteiger partial charge in [-0.2, -0.15) is 5.26 Å². The number of benzene rings is 2. The zero-order valence-corrected chi connectivity index (χ0v) is 11.8. The maximum atomic E-state index is 14.2. The van der Waals surface area contributed by atoms with E-state index in [0.717, 1.165) is 0 Å². The SMILES string of the molecule is COc1cccc(C#N)c1Nc1c(N)cc(N)c(Cl)c1F. The summed E-state index contributed by atoms with van der Waals surface area (Å²) in [6, 6.07) is 8.19. The number of methoxy groups -OCH3 is 1. The molecule has 21 heavy (non-hydrogen) atoms. The molecular formula is C14H12ClFN4O. The summed E-state index contributed by atoms with van der Waals surface area (Å²) in [4.78, 5) is 0. The van der Waals surface area contributed by atoms with Crippen LogP contribution >= 0.6 is 11.6 Å². The van der Waals surface area contributed by atoms with Gasteiger partial charge in [-0.15, -0.1) is 0 Å². The topological polar surface area (TPSA) is 97.1 Å². The predicted molar refractivity (Wildman–Crippen MR) is 81.2 cm³/mol. The van der Waals surface area contributed by atoms with Crippen LogP contribution in [-0.2, 0) is 0 Å². The van der Waals surface area contributed by atoms with Gasteiger partial charge in [-0.1, -0.05) is 17.7 Å². The van der Waals surface area contributed by atoms with E-state index in [1.165, 1.54) is 13.2 Å². The van der Waals surface area contributed by atoms with Crippen molar-refractivity contribution in [2.75, 3.05) is 23.9 Å². The van der Waals surface area contributed by atoms with Crippen molar-refractivity contribution >= 4 is 34.4 Å². The Morgan fingerprint density at radius 1 is 1.29 bits per heavy atom. The highest BCUT2D eigenvalue weighted by atomic mass is 35.5. The molecule has 0 fully saturated rings. The van der Waals surface area contributed by atoms with Crippen molar-refractivity contribution < 1.29 is 9.13 Å². The Morgan fingerprint density at radius 2 is 2.00 bits per heavy atom. The summed E-state index contributed by atoms with van der Waals surface area (Å²) < 4.78 is 19.4. The molecule has 0 saturated heterocycles. The van der Waals surface area contributed by atoms with Gasteiger partial charge in [-0.3, -0.25) is 0 Å². The number of ether oxygens (including phenoxy) is 1. The number of nitrogens with two attached hydrogens (primary N) is 2. The van der Waals surface area contributed by atoms with E-state index in [1.54, 1.807) is 18.2 Å². The third-order valence-electron chi connectivity index (χ3n) is 2.88. The number of nitriles is 1. The molecule has 0 saturated carbocycles. The highest BCUT2D eigenvalue weighted by Gasteiger charge is 2.17. The molecule has 7 heteroatoms. The number of nitrogens with zero attached hydrogens (tertiary/aromatic N) is 1.